The number of aromatic nitrogens is 2. The lowest BCUT2D eigenvalue weighted by Crippen LogP contribution is -2.41. The number of aliphatic hydroxyl groups excluding tert-OH is 1. The molecule has 2 N–H and O–H groups in total. The monoisotopic (exact) mass is 394 g/mol. The van der Waals surface area contributed by atoms with Gasteiger partial charge in [0.1, 0.15) is 18.8 Å². The second-order valence-corrected chi connectivity index (χ2v) is 7.17. The Bertz CT molecular complexity index is 889. The van der Waals surface area contributed by atoms with E-state index in [0.717, 1.165) is 24.1 Å². The smallest absolute Gasteiger partial charge is 0.438 e. The summed E-state index contributed by atoms with van der Waals surface area (Å²) in [4.78, 5) is 36.7. The second kappa shape index (κ2) is 7.57. The van der Waals surface area contributed by atoms with Crippen LogP contribution in [0.4, 0.5) is 4.79 Å². The fourth-order valence-corrected chi connectivity index (χ4v) is 2.98. The van der Waals surface area contributed by atoms with Gasteiger partial charge < -0.3 is 19.3 Å². The largest absolute Gasteiger partial charge is 0.508 e. The zero-order valence-electron chi connectivity index (χ0n) is 14.1. The molecule has 2 rings (SSSR count). The van der Waals surface area contributed by atoms with E-state index < -0.39 is 58.7 Å². The molecule has 0 radical (unpaired) electrons. The van der Waals surface area contributed by atoms with Gasteiger partial charge in [0.2, 0.25) is 0 Å². The third-order valence-electron chi connectivity index (χ3n) is 3.55. The van der Waals surface area contributed by atoms with Gasteiger partial charge in [0, 0.05) is 11.8 Å². The van der Waals surface area contributed by atoms with Gasteiger partial charge in [0.15, 0.2) is 12.3 Å². The lowest BCUT2D eigenvalue weighted by molar-refractivity contribution is -0.0607. The third-order valence-corrected chi connectivity index (χ3v) is 4.12. The summed E-state index contributed by atoms with van der Waals surface area (Å²) in [6.45, 7) is 0.940. The summed E-state index contributed by atoms with van der Waals surface area (Å²) in [6.07, 6.45) is -4.81. The topological polar surface area (TPSA) is 163 Å². The second-order valence-electron chi connectivity index (χ2n) is 5.56. The number of H-pyrrole nitrogens is 1. The molecule has 1 aromatic heterocycles. The maximum absolute atomic E-state index is 12.1. The Labute approximate surface area is 147 Å². The maximum atomic E-state index is 12.1. The number of carbonyl (C=O) groups is 1. The van der Waals surface area contributed by atoms with Crippen LogP contribution in [0.25, 0.3) is 0 Å². The van der Waals surface area contributed by atoms with Gasteiger partial charge in [0.25, 0.3) is 15.7 Å². The summed E-state index contributed by atoms with van der Waals surface area (Å²) in [7, 11) is -2.95. The van der Waals surface area contributed by atoms with Crippen LogP contribution in [0.5, 0.6) is 0 Å². The van der Waals surface area contributed by atoms with Crippen molar-refractivity contribution in [1.82, 2.24) is 9.55 Å². The maximum Gasteiger partial charge on any atom is 0.508 e. The molecule has 0 bridgehead atoms. The minimum absolute atomic E-state index is 0.148. The summed E-state index contributed by atoms with van der Waals surface area (Å²) in [5, 5.41) is 10.3. The highest BCUT2D eigenvalue weighted by Gasteiger charge is 2.48. The normalized spacial score (nSPS) is 25.8. The first kappa shape index (κ1) is 20.1. The predicted octanol–water partition coefficient (Wildman–Crippen LogP) is -1.77. The number of carbonyl (C=O) groups excluding carboxylic acids is 1. The molecule has 1 saturated heterocycles. The standard InChI is InChI=1S/C13H18N2O10S/c1-6-4-15(12(18)14-10(6)17)11-9(25-26(3,20)21)8(16)7(24-11)5-23-13(19)22-2/h4,7-9,11,16H,5H2,1-3H3,(H,14,17,18)/t7-,8+,9-,11-/m1/s1. The molecule has 146 valence electrons. The first-order chi connectivity index (χ1) is 12.0. The zero-order chi connectivity index (χ0) is 19.6. The van der Waals surface area contributed by atoms with E-state index in [0.29, 0.717) is 0 Å². The van der Waals surface area contributed by atoms with Gasteiger partial charge in [-0.15, -0.1) is 0 Å². The average molecular weight is 394 g/mol. The fourth-order valence-electron chi connectivity index (χ4n) is 2.37. The average Bonchev–Trinajstić information content (AvgIpc) is 2.83. The quantitative estimate of drug-likeness (QED) is 0.431. The minimum atomic E-state index is -4.03. The zero-order valence-corrected chi connectivity index (χ0v) is 14.9. The Morgan fingerprint density at radius 3 is 2.65 bits per heavy atom. The molecule has 1 aliphatic heterocycles. The summed E-state index contributed by atoms with van der Waals surface area (Å²) in [5.74, 6) is 0. The molecular formula is C13H18N2O10S. The number of hydrogen-bond acceptors (Lipinski definition) is 10. The summed E-state index contributed by atoms with van der Waals surface area (Å²) in [5.41, 5.74) is -1.37. The van der Waals surface area contributed by atoms with Gasteiger partial charge in [-0.3, -0.25) is 18.5 Å². The van der Waals surface area contributed by atoms with Crippen molar-refractivity contribution >= 4 is 16.3 Å². The van der Waals surface area contributed by atoms with Crippen LogP contribution in [0.2, 0.25) is 0 Å². The van der Waals surface area contributed by atoms with Crippen LogP contribution >= 0.6 is 0 Å². The first-order valence-electron chi connectivity index (χ1n) is 7.28. The number of rotatable bonds is 5. The number of aryl methyl sites for hydroxylation is 1. The molecule has 1 aliphatic rings. The number of nitrogens with one attached hydrogen (secondary N) is 1. The Kier molecular flexibility index (Phi) is 5.85. The molecule has 1 fully saturated rings. The van der Waals surface area contributed by atoms with Gasteiger partial charge in [-0.2, -0.15) is 8.42 Å². The Hall–Kier alpha value is -2.22. The van der Waals surface area contributed by atoms with Crippen LogP contribution in [0.15, 0.2) is 15.8 Å². The van der Waals surface area contributed by atoms with Crippen LogP contribution in [-0.4, -0.2) is 67.5 Å². The number of aromatic amines is 1. The van der Waals surface area contributed by atoms with Crippen LogP contribution in [0, 0.1) is 6.92 Å². The Balaban J connectivity index is 2.37. The molecular weight excluding hydrogens is 376 g/mol. The van der Waals surface area contributed by atoms with Gasteiger partial charge >= 0.3 is 11.8 Å². The lowest BCUT2D eigenvalue weighted by atomic mass is 10.1. The number of aliphatic hydroxyl groups is 1. The summed E-state index contributed by atoms with van der Waals surface area (Å²) >= 11 is 0. The number of ether oxygens (including phenoxy) is 3. The first-order valence-corrected chi connectivity index (χ1v) is 9.09. The molecule has 0 amide bonds. The molecule has 12 nitrogen and oxygen atoms in total. The molecule has 0 unspecified atom stereocenters. The van der Waals surface area contributed by atoms with E-state index in [9.17, 15) is 27.9 Å². The molecule has 1 aromatic rings. The highest BCUT2D eigenvalue weighted by atomic mass is 32.2. The van der Waals surface area contributed by atoms with Crippen molar-refractivity contribution in [2.75, 3.05) is 20.0 Å². The molecule has 26 heavy (non-hydrogen) atoms. The van der Waals surface area contributed by atoms with Gasteiger partial charge in [-0.25, -0.2) is 9.59 Å². The summed E-state index contributed by atoms with van der Waals surface area (Å²) < 4.78 is 43.1. The fraction of sp³-hybridized carbons (Fsp3) is 0.615. The Morgan fingerprint density at radius 1 is 1.42 bits per heavy atom. The van der Waals surface area contributed by atoms with Crippen molar-refractivity contribution in [2.24, 2.45) is 0 Å². The van der Waals surface area contributed by atoms with Gasteiger partial charge in [-0.05, 0) is 6.92 Å². The molecule has 0 saturated carbocycles. The van der Waals surface area contributed by atoms with E-state index >= 15 is 0 Å². The summed E-state index contributed by atoms with van der Waals surface area (Å²) in [6, 6.07) is 0. The minimum Gasteiger partial charge on any atom is -0.438 e. The highest BCUT2D eigenvalue weighted by molar-refractivity contribution is 7.86. The third kappa shape index (κ3) is 4.49. The molecule has 2 heterocycles. The lowest BCUT2D eigenvalue weighted by Gasteiger charge is -2.21. The van der Waals surface area contributed by atoms with Gasteiger partial charge in [0.05, 0.1) is 13.4 Å². The van der Waals surface area contributed by atoms with Crippen molar-refractivity contribution < 1.29 is 36.7 Å². The number of methoxy groups -OCH3 is 1. The van der Waals surface area contributed by atoms with Crippen LogP contribution in [0.3, 0.4) is 0 Å². The van der Waals surface area contributed by atoms with Crippen LogP contribution in [-0.2, 0) is 28.5 Å². The number of hydrogen-bond donors (Lipinski definition) is 2. The van der Waals surface area contributed by atoms with E-state index in [4.69, 9.17) is 8.92 Å². The molecule has 13 heteroatoms. The molecule has 0 aromatic carbocycles. The SMILES string of the molecule is COC(=O)OC[C@H]1O[C@@H](n2cc(C)c(=O)[nH]c2=O)[C@H](OS(C)(=O)=O)[C@H]1O. The molecule has 4 atom stereocenters. The van der Waals surface area contributed by atoms with Gasteiger partial charge in [-0.1, -0.05) is 0 Å². The van der Waals surface area contributed by atoms with Crippen molar-refractivity contribution in [2.45, 2.75) is 31.5 Å². The van der Waals surface area contributed by atoms with E-state index in [1.54, 1.807) is 0 Å². The number of nitrogens with zero attached hydrogens (tertiary/aromatic N) is 1. The molecule has 0 spiro atoms. The van der Waals surface area contributed by atoms with Crippen molar-refractivity contribution in [3.8, 4) is 0 Å². The van der Waals surface area contributed by atoms with E-state index in [-0.39, 0.29) is 5.56 Å². The van der Waals surface area contributed by atoms with E-state index in [2.05, 4.69) is 9.47 Å². The van der Waals surface area contributed by atoms with E-state index in [1.165, 1.54) is 6.92 Å². The van der Waals surface area contributed by atoms with Crippen molar-refractivity contribution in [3.63, 3.8) is 0 Å². The van der Waals surface area contributed by atoms with Crippen molar-refractivity contribution in [1.29, 1.82) is 0 Å². The Morgan fingerprint density at radius 2 is 2.08 bits per heavy atom. The highest BCUT2D eigenvalue weighted by Crippen LogP contribution is 2.32. The van der Waals surface area contributed by atoms with Crippen LogP contribution < -0.4 is 11.2 Å². The molecule has 0 aliphatic carbocycles. The van der Waals surface area contributed by atoms with E-state index in [1.807, 2.05) is 4.98 Å². The van der Waals surface area contributed by atoms with Crippen LogP contribution in [0.1, 0.15) is 11.8 Å². The predicted molar refractivity (Wildman–Crippen MR) is 84.1 cm³/mol. The van der Waals surface area contributed by atoms with Crippen molar-refractivity contribution in [3.05, 3.63) is 32.6 Å².